The number of aromatic nitrogens is 1. The van der Waals surface area contributed by atoms with Crippen molar-refractivity contribution in [3.63, 3.8) is 0 Å². The Balaban J connectivity index is 1.91. The van der Waals surface area contributed by atoms with Gasteiger partial charge in [-0.2, -0.15) is 0 Å². The number of allylic oxidation sites excluding steroid dienone is 1. The number of hydrogen-bond donors (Lipinski definition) is 2. The molecule has 25 heavy (non-hydrogen) atoms. The van der Waals surface area contributed by atoms with Gasteiger partial charge < -0.3 is 19.5 Å². The lowest BCUT2D eigenvalue weighted by Gasteiger charge is -2.38. The molecule has 1 aliphatic heterocycles. The van der Waals surface area contributed by atoms with Crippen LogP contribution in [0.25, 0.3) is 11.1 Å². The van der Waals surface area contributed by atoms with Gasteiger partial charge in [0.2, 0.25) is 0 Å². The Morgan fingerprint density at radius 3 is 2.52 bits per heavy atom. The van der Waals surface area contributed by atoms with Crippen LogP contribution in [0.15, 0.2) is 53.9 Å². The molecule has 1 unspecified atom stereocenters. The molecular weight excluding hydrogens is 318 g/mol. The van der Waals surface area contributed by atoms with E-state index in [0.29, 0.717) is 5.69 Å². The molecule has 2 aromatic rings. The quantitative estimate of drug-likeness (QED) is 0.822. The van der Waals surface area contributed by atoms with Crippen molar-refractivity contribution in [2.24, 2.45) is 0 Å². The van der Waals surface area contributed by atoms with Gasteiger partial charge in [0.25, 0.3) is 0 Å². The molecule has 1 aliphatic carbocycles. The van der Waals surface area contributed by atoms with Crippen molar-refractivity contribution < 1.29 is 19.7 Å². The maximum atomic E-state index is 12.2. The molecule has 2 N–H and O–H groups in total. The van der Waals surface area contributed by atoms with Gasteiger partial charge in [-0.05, 0) is 30.0 Å². The lowest BCUT2D eigenvalue weighted by molar-refractivity contribution is -0.138. The van der Waals surface area contributed by atoms with Crippen LogP contribution < -0.4 is 0 Å². The summed E-state index contributed by atoms with van der Waals surface area (Å²) in [5, 5.41) is 21.7. The third-order valence-corrected chi connectivity index (χ3v) is 5.50. The molecule has 1 saturated carbocycles. The number of aliphatic hydroxyl groups excluding tert-OH is 2. The number of carbonyl (C=O) groups is 1. The van der Waals surface area contributed by atoms with E-state index in [1.165, 1.54) is 7.11 Å². The molecule has 1 aromatic carbocycles. The number of methoxy groups -OCH3 is 1. The first kappa shape index (κ1) is 16.0. The Labute approximate surface area is 146 Å². The number of carbonyl (C=O) groups excluding carboxylic acids is 1. The third-order valence-electron chi connectivity index (χ3n) is 5.50. The van der Waals surface area contributed by atoms with Gasteiger partial charge in [0.1, 0.15) is 23.0 Å². The fourth-order valence-electron chi connectivity index (χ4n) is 4.25. The molecule has 0 bridgehead atoms. The third kappa shape index (κ3) is 2.23. The monoisotopic (exact) mass is 339 g/mol. The van der Waals surface area contributed by atoms with Crippen LogP contribution in [-0.4, -0.2) is 27.9 Å². The fourth-order valence-corrected chi connectivity index (χ4v) is 4.25. The highest BCUT2D eigenvalue weighted by atomic mass is 16.5. The van der Waals surface area contributed by atoms with Gasteiger partial charge in [0.05, 0.1) is 12.8 Å². The maximum Gasteiger partial charge on any atom is 0.340 e. The summed E-state index contributed by atoms with van der Waals surface area (Å²) < 4.78 is 6.78. The molecule has 1 fully saturated rings. The summed E-state index contributed by atoms with van der Waals surface area (Å²) in [6.45, 7) is 0. The minimum atomic E-state index is -1.20. The molecule has 1 aromatic heterocycles. The molecule has 1 spiro atoms. The summed E-state index contributed by atoms with van der Waals surface area (Å²) in [6, 6.07) is 11.8. The Kier molecular flexibility index (Phi) is 3.69. The predicted molar refractivity (Wildman–Crippen MR) is 92.9 cm³/mol. The van der Waals surface area contributed by atoms with Gasteiger partial charge in [-0.3, -0.25) is 0 Å². The number of benzene rings is 1. The minimum Gasteiger partial charge on any atom is -0.509 e. The predicted octanol–water partition coefficient (Wildman–Crippen LogP) is 3.46. The zero-order chi connectivity index (χ0) is 17.6. The van der Waals surface area contributed by atoms with E-state index in [1.54, 1.807) is 0 Å². The van der Waals surface area contributed by atoms with Crippen LogP contribution in [0.2, 0.25) is 0 Å². The SMILES string of the molecule is COC(=O)C1=C(O)C2(CCCC2)n2cc(-c3ccccc3)cc2C1O. The van der Waals surface area contributed by atoms with E-state index in [-0.39, 0.29) is 11.3 Å². The molecule has 130 valence electrons. The lowest BCUT2D eigenvalue weighted by Crippen LogP contribution is -2.40. The highest BCUT2D eigenvalue weighted by Crippen LogP contribution is 2.50. The van der Waals surface area contributed by atoms with Crippen molar-refractivity contribution in [1.29, 1.82) is 0 Å². The topological polar surface area (TPSA) is 71.7 Å². The van der Waals surface area contributed by atoms with Crippen LogP contribution in [0, 0.1) is 0 Å². The Hall–Kier alpha value is -2.53. The molecule has 0 radical (unpaired) electrons. The van der Waals surface area contributed by atoms with E-state index in [1.807, 2.05) is 47.2 Å². The summed E-state index contributed by atoms with van der Waals surface area (Å²) in [5.74, 6) is -0.725. The van der Waals surface area contributed by atoms with Gasteiger partial charge in [-0.15, -0.1) is 0 Å². The molecule has 5 nitrogen and oxygen atoms in total. The average Bonchev–Trinajstić information content (AvgIpc) is 3.29. The Morgan fingerprint density at radius 1 is 1.20 bits per heavy atom. The number of nitrogens with zero attached hydrogens (tertiary/aromatic N) is 1. The number of rotatable bonds is 2. The molecule has 5 heteroatoms. The van der Waals surface area contributed by atoms with Crippen molar-refractivity contribution in [3.05, 3.63) is 59.6 Å². The largest absolute Gasteiger partial charge is 0.509 e. The van der Waals surface area contributed by atoms with Crippen LogP contribution in [-0.2, 0) is 15.1 Å². The summed E-state index contributed by atoms with van der Waals surface area (Å²) in [7, 11) is 1.26. The normalized spacial score (nSPS) is 21.4. The van der Waals surface area contributed by atoms with Gasteiger partial charge in [0.15, 0.2) is 0 Å². The summed E-state index contributed by atoms with van der Waals surface area (Å²) in [4.78, 5) is 12.2. The first-order chi connectivity index (χ1) is 12.1. The number of hydrogen-bond acceptors (Lipinski definition) is 4. The van der Waals surface area contributed by atoms with Gasteiger partial charge in [-0.1, -0.05) is 43.2 Å². The fraction of sp³-hybridized carbons (Fsp3) is 0.350. The second-order valence-electron chi connectivity index (χ2n) is 6.78. The number of aliphatic hydroxyl groups is 2. The van der Waals surface area contributed by atoms with E-state index >= 15 is 0 Å². The van der Waals surface area contributed by atoms with Gasteiger partial charge >= 0.3 is 5.97 Å². The number of fused-ring (bicyclic) bond motifs is 2. The van der Waals surface area contributed by atoms with E-state index in [9.17, 15) is 15.0 Å². The highest BCUT2D eigenvalue weighted by molar-refractivity contribution is 5.91. The molecule has 0 saturated heterocycles. The molecule has 2 heterocycles. The van der Waals surface area contributed by atoms with Crippen molar-refractivity contribution in [2.75, 3.05) is 7.11 Å². The minimum absolute atomic E-state index is 0.0328. The zero-order valence-electron chi connectivity index (χ0n) is 14.1. The van der Waals surface area contributed by atoms with Gasteiger partial charge in [0, 0.05) is 6.20 Å². The van der Waals surface area contributed by atoms with Crippen molar-refractivity contribution in [1.82, 2.24) is 4.57 Å². The molecule has 4 rings (SSSR count). The standard InChI is InChI=1S/C20H21NO4/c1-25-19(24)16-17(22)15-11-14(13-7-3-2-4-8-13)12-21(15)20(18(16)23)9-5-6-10-20/h2-4,7-8,11-12,17,22-23H,5-6,9-10H2,1H3. The molecule has 0 amide bonds. The average molecular weight is 339 g/mol. The van der Waals surface area contributed by atoms with Crippen LogP contribution >= 0.6 is 0 Å². The van der Waals surface area contributed by atoms with Crippen LogP contribution in [0.3, 0.4) is 0 Å². The highest BCUT2D eigenvalue weighted by Gasteiger charge is 2.49. The summed E-state index contributed by atoms with van der Waals surface area (Å²) >= 11 is 0. The maximum absolute atomic E-state index is 12.2. The summed E-state index contributed by atoms with van der Waals surface area (Å²) in [6.07, 6.45) is 4.18. The molecule has 2 aliphatic rings. The first-order valence-electron chi connectivity index (χ1n) is 8.56. The second-order valence-corrected chi connectivity index (χ2v) is 6.78. The smallest absolute Gasteiger partial charge is 0.340 e. The molecule has 1 atom stereocenters. The summed E-state index contributed by atoms with van der Waals surface area (Å²) in [5.41, 5.74) is 1.92. The first-order valence-corrected chi connectivity index (χ1v) is 8.56. The van der Waals surface area contributed by atoms with Gasteiger partial charge in [-0.25, -0.2) is 4.79 Å². The van der Waals surface area contributed by atoms with Crippen LogP contribution in [0.1, 0.15) is 37.5 Å². The zero-order valence-corrected chi connectivity index (χ0v) is 14.1. The van der Waals surface area contributed by atoms with E-state index in [4.69, 9.17) is 4.74 Å². The number of ether oxygens (including phenoxy) is 1. The van der Waals surface area contributed by atoms with E-state index < -0.39 is 17.6 Å². The van der Waals surface area contributed by atoms with E-state index in [0.717, 1.165) is 36.8 Å². The van der Waals surface area contributed by atoms with Crippen molar-refractivity contribution >= 4 is 5.97 Å². The van der Waals surface area contributed by atoms with Crippen molar-refractivity contribution in [3.8, 4) is 11.1 Å². The number of esters is 1. The van der Waals surface area contributed by atoms with Crippen LogP contribution in [0.5, 0.6) is 0 Å². The second kappa shape index (κ2) is 5.77. The Bertz CT molecular complexity index is 844. The van der Waals surface area contributed by atoms with Crippen LogP contribution in [0.4, 0.5) is 0 Å². The van der Waals surface area contributed by atoms with Crippen molar-refractivity contribution in [2.45, 2.75) is 37.3 Å². The Morgan fingerprint density at radius 2 is 1.88 bits per heavy atom. The van der Waals surface area contributed by atoms with E-state index in [2.05, 4.69) is 0 Å². The molecular formula is C20H21NO4. The lowest BCUT2D eigenvalue weighted by atomic mass is 9.85.